The number of pyridine rings is 1. The molecule has 0 radical (unpaired) electrons. The van der Waals surface area contributed by atoms with Crippen LogP contribution in [0, 0.1) is 35.2 Å². The van der Waals surface area contributed by atoms with Crippen LogP contribution in [-0.4, -0.2) is 68.8 Å². The smallest absolute Gasteiger partial charge is 0.298 e. The first-order valence-corrected chi connectivity index (χ1v) is 24.5. The molecule has 0 spiro atoms. The summed E-state index contributed by atoms with van der Waals surface area (Å²) < 4.78 is 200. The van der Waals surface area contributed by atoms with Crippen molar-refractivity contribution in [3.05, 3.63) is 99.5 Å². The number of nitrogens with zero attached hydrogens (tertiary/aromatic N) is 5. The molecule has 3 heterocycles. The number of fused-ring (bicyclic) bond motifs is 4. The number of sulfone groups is 2. The summed E-state index contributed by atoms with van der Waals surface area (Å²) in [5, 5.41) is 5.79. The Labute approximate surface area is 377 Å². The largest absolute Gasteiger partial charge is 0.435 e. The predicted octanol–water partition coefficient (Wildman–Crippen LogP) is 8.98. The van der Waals surface area contributed by atoms with Gasteiger partial charge in [-0.3, -0.25) is 14.2 Å². The zero-order valence-corrected chi connectivity index (χ0v) is 37.1. The summed E-state index contributed by atoms with van der Waals surface area (Å²) in [4.78, 5) is 18.9. The van der Waals surface area contributed by atoms with E-state index in [0.29, 0.717) is 36.4 Å². The van der Waals surface area contributed by atoms with Crippen LogP contribution in [0.25, 0.3) is 22.0 Å². The molecule has 10 nitrogen and oxygen atoms in total. The van der Waals surface area contributed by atoms with Crippen LogP contribution in [0.2, 0.25) is 0 Å². The number of rotatable bonds is 15. The standard InChI is InChI=1S/C45H39F10N5O5S2/c1-43(2,67(64,65)29-6-7-29)12-11-26-3-8-30(31-9-10-34(48)38-35(21-66(62,63)28-4-5-28)57-59(40(31)38)20-36(49)50)39(56-26)23(13-22-14-24(46)17-25(47)15-22)16-27(61)19-60-42-37(41(58-60)45(53,54)55)32-18-33(32)44(42,51)52/h3,8-10,14-15,17,23,28-29,32-33,36H,4-7,13,16,18-21H2,1-2H3/t23-,32+,33-/m1/s1. The summed E-state index contributed by atoms with van der Waals surface area (Å²) in [6, 6.07) is 7.09. The fourth-order valence-electron chi connectivity index (χ4n) is 9.21. The van der Waals surface area contributed by atoms with Gasteiger partial charge in [-0.25, -0.2) is 43.8 Å². The lowest BCUT2D eigenvalue weighted by Crippen LogP contribution is -2.33. The van der Waals surface area contributed by atoms with Crippen molar-refractivity contribution in [1.29, 1.82) is 0 Å². The Morgan fingerprint density at radius 2 is 1.55 bits per heavy atom. The van der Waals surface area contributed by atoms with Gasteiger partial charge in [0.05, 0.1) is 38.5 Å². The molecule has 4 aliphatic carbocycles. The Balaban J connectivity index is 1.22. The van der Waals surface area contributed by atoms with E-state index in [4.69, 9.17) is 0 Å². The van der Waals surface area contributed by atoms with Crippen molar-refractivity contribution in [2.24, 2.45) is 5.92 Å². The molecular weight excluding hydrogens is 945 g/mol. The maximum atomic E-state index is 16.0. The summed E-state index contributed by atoms with van der Waals surface area (Å²) in [6.07, 6.45) is -8.21. The fourth-order valence-corrected chi connectivity index (χ4v) is 12.7. The number of alkyl halides is 7. The average Bonchev–Trinajstić information content (AvgIpc) is 4.11. The highest BCUT2D eigenvalue weighted by Gasteiger charge is 2.68. The third kappa shape index (κ3) is 8.74. The van der Waals surface area contributed by atoms with Crippen LogP contribution in [0.5, 0.6) is 0 Å². The molecule has 356 valence electrons. The summed E-state index contributed by atoms with van der Waals surface area (Å²) in [7, 11) is -7.70. The van der Waals surface area contributed by atoms with Crippen molar-refractivity contribution in [3.63, 3.8) is 0 Å². The van der Waals surface area contributed by atoms with Gasteiger partial charge in [-0.15, -0.1) is 0 Å². The SMILES string of the molecule is CC(C)(C#Cc1ccc(-c2ccc(F)c3c(CS(=O)(=O)C4CC4)nn(CC(F)F)c23)c([C@@H](CC(=O)Cn2nc(C(F)(F)F)c3c2C(F)(F)[C@@H]2C[C@H]32)Cc2cc(F)cc(F)c2)n1)S(=O)(=O)C1CC1. The number of hydrogen-bond donors (Lipinski definition) is 0. The van der Waals surface area contributed by atoms with Crippen LogP contribution in [0.15, 0.2) is 42.5 Å². The first-order chi connectivity index (χ1) is 31.3. The quantitative estimate of drug-likeness (QED) is 0.0750. The van der Waals surface area contributed by atoms with Crippen LogP contribution in [0.1, 0.15) is 104 Å². The van der Waals surface area contributed by atoms with Crippen LogP contribution in [-0.2, 0) is 61.8 Å². The minimum Gasteiger partial charge on any atom is -0.298 e. The molecule has 3 saturated carbocycles. The molecule has 3 fully saturated rings. The molecule has 0 N–H and O–H groups in total. The number of Topliss-reactive ketones (excluding diaryl/α,β-unsaturated/α-hetero) is 1. The van der Waals surface area contributed by atoms with E-state index in [1.165, 1.54) is 26.0 Å². The van der Waals surface area contributed by atoms with E-state index in [-0.39, 0.29) is 45.7 Å². The topological polar surface area (TPSA) is 134 Å². The Morgan fingerprint density at radius 1 is 0.896 bits per heavy atom. The van der Waals surface area contributed by atoms with Crippen LogP contribution < -0.4 is 0 Å². The number of carbonyl (C=O) groups excluding carboxylic acids is 1. The second-order valence-corrected chi connectivity index (χ2v) is 23.3. The van der Waals surface area contributed by atoms with Gasteiger partial charge >= 0.3 is 6.18 Å². The zero-order chi connectivity index (χ0) is 48.3. The molecule has 2 aromatic carbocycles. The van der Waals surface area contributed by atoms with Crippen molar-refractivity contribution in [2.75, 3.05) is 0 Å². The third-order valence-corrected chi connectivity index (χ3v) is 17.8. The summed E-state index contributed by atoms with van der Waals surface area (Å²) in [5.74, 6) is -7.21. The van der Waals surface area contributed by atoms with Gasteiger partial charge in [0, 0.05) is 41.0 Å². The second-order valence-electron chi connectivity index (χ2n) is 18.2. The van der Waals surface area contributed by atoms with E-state index in [1.54, 1.807) is 0 Å². The molecule has 0 aliphatic heterocycles. The molecule has 67 heavy (non-hydrogen) atoms. The Hall–Kier alpha value is -5.30. The molecule has 5 aromatic rings. The molecular formula is C45H39F10N5O5S2. The van der Waals surface area contributed by atoms with Gasteiger partial charge in [0.2, 0.25) is 0 Å². The lowest BCUT2D eigenvalue weighted by Gasteiger charge is -2.22. The highest BCUT2D eigenvalue weighted by Crippen LogP contribution is 2.68. The molecule has 0 amide bonds. The molecule has 4 aliphatic rings. The van der Waals surface area contributed by atoms with Gasteiger partial charge in [0.1, 0.15) is 46.7 Å². The van der Waals surface area contributed by atoms with Crippen molar-refractivity contribution < 1.29 is 65.5 Å². The molecule has 0 bridgehead atoms. The zero-order valence-electron chi connectivity index (χ0n) is 35.5. The summed E-state index contributed by atoms with van der Waals surface area (Å²) >= 11 is 0. The highest BCUT2D eigenvalue weighted by molar-refractivity contribution is 7.93. The Morgan fingerprint density at radius 3 is 2.18 bits per heavy atom. The van der Waals surface area contributed by atoms with Crippen LogP contribution >= 0.6 is 0 Å². The van der Waals surface area contributed by atoms with Crippen molar-refractivity contribution in [2.45, 2.75) is 123 Å². The lowest BCUT2D eigenvalue weighted by atomic mass is 9.86. The van der Waals surface area contributed by atoms with E-state index >= 15 is 13.2 Å². The second kappa shape index (κ2) is 16.2. The van der Waals surface area contributed by atoms with Crippen LogP contribution in [0.4, 0.5) is 43.9 Å². The first kappa shape index (κ1) is 46.8. The Kier molecular flexibility index (Phi) is 11.3. The summed E-state index contributed by atoms with van der Waals surface area (Å²) in [5.41, 5.74) is -4.62. The molecule has 22 heteroatoms. The number of benzene rings is 2. The number of halogens is 10. The first-order valence-electron chi connectivity index (χ1n) is 21.2. The highest BCUT2D eigenvalue weighted by atomic mass is 32.2. The van der Waals surface area contributed by atoms with Gasteiger partial charge < -0.3 is 0 Å². The number of ketones is 1. The maximum absolute atomic E-state index is 16.0. The molecule has 0 saturated heterocycles. The van der Waals surface area contributed by atoms with E-state index in [0.717, 1.165) is 28.9 Å². The van der Waals surface area contributed by atoms with Crippen molar-refractivity contribution >= 4 is 36.4 Å². The lowest BCUT2D eigenvalue weighted by molar-refractivity contribution is -0.142. The van der Waals surface area contributed by atoms with Gasteiger partial charge in [-0.05, 0) is 106 Å². The van der Waals surface area contributed by atoms with Gasteiger partial charge in [0.25, 0.3) is 12.3 Å². The number of carbonyl (C=O) groups is 1. The van der Waals surface area contributed by atoms with E-state index < -0.39 is 148 Å². The van der Waals surface area contributed by atoms with Crippen LogP contribution in [0.3, 0.4) is 0 Å². The van der Waals surface area contributed by atoms with Crippen molar-refractivity contribution in [1.82, 2.24) is 24.5 Å². The molecule has 3 atom stereocenters. The minimum absolute atomic E-state index is 0.0620. The predicted molar refractivity (Wildman–Crippen MR) is 222 cm³/mol. The van der Waals surface area contributed by atoms with Gasteiger partial charge in [0.15, 0.2) is 31.2 Å². The van der Waals surface area contributed by atoms with E-state index in [9.17, 15) is 52.4 Å². The maximum Gasteiger partial charge on any atom is 0.435 e. The molecule has 0 unspecified atom stereocenters. The molecule has 3 aromatic heterocycles. The summed E-state index contributed by atoms with van der Waals surface area (Å²) in [6.45, 7) is 0.488. The van der Waals surface area contributed by atoms with Gasteiger partial charge in [-0.2, -0.15) is 32.1 Å². The Bertz CT molecular complexity index is 3150. The van der Waals surface area contributed by atoms with Crippen molar-refractivity contribution in [3.8, 4) is 23.0 Å². The monoisotopic (exact) mass is 983 g/mol. The van der Waals surface area contributed by atoms with Gasteiger partial charge in [-0.1, -0.05) is 5.92 Å². The number of hydrogen-bond acceptors (Lipinski definition) is 8. The van der Waals surface area contributed by atoms with E-state index in [1.807, 2.05) is 0 Å². The fraction of sp³-hybridized carbons (Fsp3) is 0.467. The normalized spacial score (nSPS) is 19.6. The number of aromatic nitrogens is 5. The average molecular weight is 984 g/mol. The minimum atomic E-state index is -5.15. The third-order valence-electron chi connectivity index (χ3n) is 12.8. The van der Waals surface area contributed by atoms with E-state index in [2.05, 4.69) is 27.0 Å². The molecule has 9 rings (SSSR count).